The molecule has 0 spiro atoms. The third kappa shape index (κ3) is 6.44. The standard InChI is InChI=1S/C22H25NO3S.ClH/c1-24-21-10-7-17(14-22(21)25-2)11-12-23-15-18-5-8-19(9-6-18)26-16-20-4-3-13-27-20;/h3-10,13-14,23H,11-12,15-16H2,1-2H3;1H. The molecule has 0 bridgehead atoms. The summed E-state index contributed by atoms with van der Waals surface area (Å²) in [6.45, 7) is 2.35. The number of hydrogen-bond acceptors (Lipinski definition) is 5. The second-order valence-corrected chi connectivity index (χ2v) is 7.16. The van der Waals surface area contributed by atoms with Crippen molar-refractivity contribution in [1.29, 1.82) is 0 Å². The van der Waals surface area contributed by atoms with Gasteiger partial charge in [0.15, 0.2) is 11.5 Å². The smallest absolute Gasteiger partial charge is 0.160 e. The first kappa shape index (κ1) is 22.1. The normalized spacial score (nSPS) is 10.2. The molecule has 3 aromatic rings. The van der Waals surface area contributed by atoms with Crippen LogP contribution in [0.3, 0.4) is 0 Å². The summed E-state index contributed by atoms with van der Waals surface area (Å²) in [5, 5.41) is 5.54. The molecule has 2 aromatic carbocycles. The third-order valence-electron chi connectivity index (χ3n) is 4.25. The summed E-state index contributed by atoms with van der Waals surface area (Å²) >= 11 is 1.71. The molecule has 3 rings (SSSR count). The monoisotopic (exact) mass is 419 g/mol. The van der Waals surface area contributed by atoms with Crippen LogP contribution in [0.4, 0.5) is 0 Å². The zero-order valence-electron chi connectivity index (χ0n) is 16.1. The third-order valence-corrected chi connectivity index (χ3v) is 5.10. The van der Waals surface area contributed by atoms with E-state index in [9.17, 15) is 0 Å². The summed E-state index contributed by atoms with van der Waals surface area (Å²) < 4.78 is 16.4. The van der Waals surface area contributed by atoms with E-state index < -0.39 is 0 Å². The van der Waals surface area contributed by atoms with Crippen molar-refractivity contribution in [3.05, 3.63) is 76.0 Å². The van der Waals surface area contributed by atoms with E-state index in [4.69, 9.17) is 14.2 Å². The number of thiophene rings is 1. The Morgan fingerprint density at radius 1 is 0.893 bits per heavy atom. The first-order valence-electron chi connectivity index (χ1n) is 8.94. The fraction of sp³-hybridized carbons (Fsp3) is 0.273. The maximum absolute atomic E-state index is 5.80. The molecular formula is C22H26ClNO3S. The van der Waals surface area contributed by atoms with E-state index in [1.54, 1.807) is 25.6 Å². The molecule has 0 amide bonds. The summed E-state index contributed by atoms with van der Waals surface area (Å²) in [7, 11) is 3.31. The summed E-state index contributed by atoms with van der Waals surface area (Å²) in [4.78, 5) is 1.23. The molecule has 4 nitrogen and oxygen atoms in total. The molecule has 0 radical (unpaired) electrons. The van der Waals surface area contributed by atoms with E-state index in [0.717, 1.165) is 36.8 Å². The Morgan fingerprint density at radius 2 is 1.64 bits per heavy atom. The van der Waals surface area contributed by atoms with Crippen molar-refractivity contribution in [1.82, 2.24) is 5.32 Å². The van der Waals surface area contributed by atoms with Crippen LogP contribution < -0.4 is 19.5 Å². The van der Waals surface area contributed by atoms with Gasteiger partial charge in [0.25, 0.3) is 0 Å². The largest absolute Gasteiger partial charge is 0.493 e. The summed E-state index contributed by atoms with van der Waals surface area (Å²) in [6, 6.07) is 18.4. The van der Waals surface area contributed by atoms with Crippen LogP contribution in [0.25, 0.3) is 0 Å². The van der Waals surface area contributed by atoms with Gasteiger partial charge >= 0.3 is 0 Å². The molecule has 0 unspecified atom stereocenters. The van der Waals surface area contributed by atoms with Crippen LogP contribution in [0.2, 0.25) is 0 Å². The van der Waals surface area contributed by atoms with Gasteiger partial charge in [0.1, 0.15) is 12.4 Å². The first-order valence-corrected chi connectivity index (χ1v) is 9.82. The van der Waals surface area contributed by atoms with E-state index in [2.05, 4.69) is 35.0 Å². The first-order chi connectivity index (χ1) is 13.3. The minimum atomic E-state index is 0. The number of rotatable bonds is 10. The van der Waals surface area contributed by atoms with Crippen LogP contribution in [-0.4, -0.2) is 20.8 Å². The highest BCUT2D eigenvalue weighted by atomic mass is 35.5. The van der Waals surface area contributed by atoms with E-state index in [1.807, 2.05) is 30.3 Å². The SMILES string of the molecule is COc1ccc(CCNCc2ccc(OCc3cccs3)cc2)cc1OC.Cl. The van der Waals surface area contributed by atoms with Crippen LogP contribution in [0, 0.1) is 0 Å². The Hall–Kier alpha value is -2.21. The molecule has 0 atom stereocenters. The zero-order chi connectivity index (χ0) is 18.9. The van der Waals surface area contributed by atoms with Gasteiger partial charge in [0, 0.05) is 11.4 Å². The Bertz CT molecular complexity index is 822. The van der Waals surface area contributed by atoms with Crippen molar-refractivity contribution in [2.75, 3.05) is 20.8 Å². The predicted octanol–water partition coefficient (Wildman–Crippen LogP) is 5.10. The predicted molar refractivity (Wildman–Crippen MR) is 117 cm³/mol. The molecule has 6 heteroatoms. The Labute approximate surface area is 176 Å². The summed E-state index contributed by atoms with van der Waals surface area (Å²) in [6.07, 6.45) is 0.933. The van der Waals surface area contributed by atoms with Crippen LogP contribution >= 0.6 is 23.7 Å². The van der Waals surface area contributed by atoms with Crippen LogP contribution in [0.5, 0.6) is 17.2 Å². The van der Waals surface area contributed by atoms with Gasteiger partial charge < -0.3 is 19.5 Å². The van der Waals surface area contributed by atoms with Gasteiger partial charge in [-0.3, -0.25) is 0 Å². The van der Waals surface area contributed by atoms with Crippen molar-refractivity contribution in [2.24, 2.45) is 0 Å². The van der Waals surface area contributed by atoms with E-state index >= 15 is 0 Å². The molecule has 1 aromatic heterocycles. The molecule has 0 saturated carbocycles. The topological polar surface area (TPSA) is 39.7 Å². The minimum absolute atomic E-state index is 0. The molecular weight excluding hydrogens is 394 g/mol. The molecule has 0 fully saturated rings. The molecule has 1 heterocycles. The van der Waals surface area contributed by atoms with Gasteiger partial charge in [0.2, 0.25) is 0 Å². The average Bonchev–Trinajstić information content (AvgIpc) is 3.24. The fourth-order valence-corrected chi connectivity index (χ4v) is 3.37. The number of nitrogens with one attached hydrogen (secondary N) is 1. The van der Waals surface area contributed by atoms with E-state index in [0.29, 0.717) is 6.61 Å². The number of ether oxygens (including phenoxy) is 3. The van der Waals surface area contributed by atoms with Gasteiger partial charge in [-0.05, 0) is 59.8 Å². The zero-order valence-corrected chi connectivity index (χ0v) is 17.8. The summed E-state index contributed by atoms with van der Waals surface area (Å²) in [5.41, 5.74) is 2.46. The van der Waals surface area contributed by atoms with Gasteiger partial charge in [-0.25, -0.2) is 0 Å². The molecule has 0 aliphatic heterocycles. The van der Waals surface area contributed by atoms with Crippen LogP contribution in [0.1, 0.15) is 16.0 Å². The molecule has 0 saturated heterocycles. The number of hydrogen-bond donors (Lipinski definition) is 1. The Balaban J connectivity index is 0.00000280. The highest BCUT2D eigenvalue weighted by Gasteiger charge is 2.04. The second-order valence-electron chi connectivity index (χ2n) is 6.13. The summed E-state index contributed by atoms with van der Waals surface area (Å²) in [5.74, 6) is 2.43. The molecule has 0 aliphatic rings. The quantitative estimate of drug-likeness (QED) is 0.464. The van der Waals surface area contributed by atoms with Gasteiger partial charge in [-0.2, -0.15) is 0 Å². The van der Waals surface area contributed by atoms with E-state index in [1.165, 1.54) is 16.0 Å². The van der Waals surface area contributed by atoms with Crippen molar-refractivity contribution >= 4 is 23.7 Å². The molecule has 150 valence electrons. The Morgan fingerprint density at radius 3 is 2.32 bits per heavy atom. The van der Waals surface area contributed by atoms with Crippen molar-refractivity contribution in [3.63, 3.8) is 0 Å². The van der Waals surface area contributed by atoms with E-state index in [-0.39, 0.29) is 12.4 Å². The number of halogens is 1. The highest BCUT2D eigenvalue weighted by Crippen LogP contribution is 2.27. The Kier molecular flexibility index (Phi) is 9.14. The van der Waals surface area contributed by atoms with Gasteiger partial charge in [-0.15, -0.1) is 23.7 Å². The van der Waals surface area contributed by atoms with Crippen molar-refractivity contribution in [2.45, 2.75) is 19.6 Å². The number of methoxy groups -OCH3 is 2. The fourth-order valence-electron chi connectivity index (χ4n) is 2.75. The number of benzene rings is 2. The highest BCUT2D eigenvalue weighted by molar-refractivity contribution is 7.09. The lowest BCUT2D eigenvalue weighted by Gasteiger charge is -2.10. The molecule has 0 aliphatic carbocycles. The van der Waals surface area contributed by atoms with Crippen LogP contribution in [-0.2, 0) is 19.6 Å². The van der Waals surface area contributed by atoms with Gasteiger partial charge in [0.05, 0.1) is 14.2 Å². The maximum Gasteiger partial charge on any atom is 0.160 e. The molecule has 28 heavy (non-hydrogen) atoms. The average molecular weight is 420 g/mol. The lowest BCUT2D eigenvalue weighted by atomic mass is 10.1. The maximum atomic E-state index is 5.80. The van der Waals surface area contributed by atoms with Gasteiger partial charge in [-0.1, -0.05) is 24.3 Å². The van der Waals surface area contributed by atoms with Crippen LogP contribution in [0.15, 0.2) is 60.0 Å². The lowest BCUT2D eigenvalue weighted by Crippen LogP contribution is -2.16. The lowest BCUT2D eigenvalue weighted by molar-refractivity contribution is 0.309. The minimum Gasteiger partial charge on any atom is -0.493 e. The van der Waals surface area contributed by atoms with Crippen molar-refractivity contribution < 1.29 is 14.2 Å². The van der Waals surface area contributed by atoms with Crippen molar-refractivity contribution in [3.8, 4) is 17.2 Å². The second kappa shape index (κ2) is 11.6. The molecule has 1 N–H and O–H groups in total.